The maximum atomic E-state index is 13.0. The lowest BCUT2D eigenvalue weighted by Gasteiger charge is -2.28. The highest BCUT2D eigenvalue weighted by Gasteiger charge is 2.23. The zero-order valence-electron chi connectivity index (χ0n) is 16.7. The summed E-state index contributed by atoms with van der Waals surface area (Å²) in [5.41, 5.74) is 2.52. The lowest BCUT2D eigenvalue weighted by atomic mass is 10.2. The second-order valence-corrected chi connectivity index (χ2v) is 6.72. The quantitative estimate of drug-likeness (QED) is 0.736. The van der Waals surface area contributed by atoms with Crippen LogP contribution in [-0.4, -0.2) is 31.0 Å². The van der Waals surface area contributed by atoms with Crippen molar-refractivity contribution in [1.29, 1.82) is 0 Å². The predicted molar refractivity (Wildman–Crippen MR) is 109 cm³/mol. The zero-order valence-corrected chi connectivity index (χ0v) is 16.7. The fourth-order valence-electron chi connectivity index (χ4n) is 2.92. The van der Waals surface area contributed by atoms with Crippen molar-refractivity contribution in [3.05, 3.63) is 54.1 Å². The van der Waals surface area contributed by atoms with Crippen LogP contribution in [0.5, 0.6) is 5.75 Å². The van der Waals surface area contributed by atoms with Crippen molar-refractivity contribution >= 4 is 23.2 Å². The fourth-order valence-corrected chi connectivity index (χ4v) is 2.92. The normalized spacial score (nSPS) is 10.6. The summed E-state index contributed by atoms with van der Waals surface area (Å²) in [6.45, 7) is 9.71. The minimum Gasteiger partial charge on any atom is -0.489 e. The molecule has 0 aliphatic heterocycles. The number of rotatable bonds is 7. The Morgan fingerprint density at radius 1 is 1.04 bits per heavy atom. The zero-order chi connectivity index (χ0) is 20.0. The van der Waals surface area contributed by atoms with E-state index >= 15 is 0 Å². The molecule has 0 unspecified atom stereocenters. The highest BCUT2D eigenvalue weighted by atomic mass is 16.5. The van der Waals surface area contributed by atoms with Gasteiger partial charge in [-0.1, -0.05) is 24.3 Å². The molecule has 0 atom stereocenters. The molecule has 0 heterocycles. The van der Waals surface area contributed by atoms with Crippen molar-refractivity contribution in [2.24, 2.45) is 0 Å². The first-order chi connectivity index (χ1) is 12.8. The van der Waals surface area contributed by atoms with E-state index in [1.54, 1.807) is 11.0 Å². The summed E-state index contributed by atoms with van der Waals surface area (Å²) in [5.74, 6) is 0.246. The monoisotopic (exact) mass is 368 g/mol. The van der Waals surface area contributed by atoms with Crippen molar-refractivity contribution in [3.8, 4) is 5.75 Å². The fraction of sp³-hybridized carbons (Fsp3) is 0.364. The molecule has 5 heteroatoms. The van der Waals surface area contributed by atoms with Crippen molar-refractivity contribution < 1.29 is 14.3 Å². The predicted octanol–water partition coefficient (Wildman–Crippen LogP) is 4.19. The van der Waals surface area contributed by atoms with Crippen molar-refractivity contribution in [3.63, 3.8) is 0 Å². The highest BCUT2D eigenvalue weighted by Crippen LogP contribution is 2.29. The average molecular weight is 368 g/mol. The van der Waals surface area contributed by atoms with Crippen LogP contribution in [0.3, 0.4) is 0 Å². The number of nitrogens with zero attached hydrogens (tertiary/aromatic N) is 2. The van der Waals surface area contributed by atoms with Gasteiger partial charge in [-0.05, 0) is 57.5 Å². The topological polar surface area (TPSA) is 49.9 Å². The summed E-state index contributed by atoms with van der Waals surface area (Å²) in [5, 5.41) is 0. The lowest BCUT2D eigenvalue weighted by Crippen LogP contribution is -2.42. The molecule has 0 bridgehead atoms. The second-order valence-electron chi connectivity index (χ2n) is 6.72. The van der Waals surface area contributed by atoms with Crippen LogP contribution in [0.1, 0.15) is 33.3 Å². The van der Waals surface area contributed by atoms with E-state index in [-0.39, 0.29) is 24.5 Å². The Bertz CT molecular complexity index is 802. The minimum absolute atomic E-state index is 0.0323. The standard InChI is InChI=1S/C22H28N2O3/c1-6-23(19-11-9-10-17(4)14-19)22(26)15-24(18(5)25)20-12-7-8-13-21(20)27-16(2)3/h7-14,16H,6,15H2,1-5H3. The molecule has 144 valence electrons. The minimum atomic E-state index is -0.205. The first-order valence-electron chi connectivity index (χ1n) is 9.24. The maximum Gasteiger partial charge on any atom is 0.247 e. The van der Waals surface area contributed by atoms with Gasteiger partial charge in [0.05, 0.1) is 11.8 Å². The number of aryl methyl sites for hydroxylation is 1. The van der Waals surface area contributed by atoms with Crippen LogP contribution in [0.25, 0.3) is 0 Å². The molecule has 0 aliphatic rings. The summed E-state index contributed by atoms with van der Waals surface area (Å²) in [6.07, 6.45) is -0.0323. The molecule has 2 aromatic carbocycles. The van der Waals surface area contributed by atoms with Gasteiger partial charge >= 0.3 is 0 Å². The van der Waals surface area contributed by atoms with Crippen LogP contribution in [0.2, 0.25) is 0 Å². The Morgan fingerprint density at radius 2 is 1.74 bits per heavy atom. The Labute approximate surface area is 161 Å². The number of para-hydroxylation sites is 2. The van der Waals surface area contributed by atoms with Crippen LogP contribution in [-0.2, 0) is 9.59 Å². The number of benzene rings is 2. The van der Waals surface area contributed by atoms with Crippen molar-refractivity contribution in [2.75, 3.05) is 22.9 Å². The number of amides is 2. The number of hydrogen-bond donors (Lipinski definition) is 0. The molecular formula is C22H28N2O3. The largest absolute Gasteiger partial charge is 0.489 e. The summed E-state index contributed by atoms with van der Waals surface area (Å²) in [7, 11) is 0. The van der Waals surface area contributed by atoms with Crippen LogP contribution in [0.15, 0.2) is 48.5 Å². The summed E-state index contributed by atoms with van der Waals surface area (Å²) < 4.78 is 5.83. The SMILES string of the molecule is CCN(C(=O)CN(C(C)=O)c1ccccc1OC(C)C)c1cccc(C)c1. The Kier molecular flexibility index (Phi) is 6.99. The molecule has 0 aliphatic carbocycles. The van der Waals surface area contributed by atoms with Crippen LogP contribution in [0.4, 0.5) is 11.4 Å². The third-order valence-corrected chi connectivity index (χ3v) is 4.12. The van der Waals surface area contributed by atoms with E-state index in [9.17, 15) is 9.59 Å². The third-order valence-electron chi connectivity index (χ3n) is 4.12. The molecule has 0 saturated carbocycles. The van der Waals surface area contributed by atoms with Gasteiger partial charge in [-0.3, -0.25) is 14.5 Å². The van der Waals surface area contributed by atoms with Gasteiger partial charge in [0.15, 0.2) is 0 Å². The average Bonchev–Trinajstić information content (AvgIpc) is 2.60. The van der Waals surface area contributed by atoms with E-state index in [1.165, 1.54) is 11.8 Å². The number of carbonyl (C=O) groups is 2. The van der Waals surface area contributed by atoms with Gasteiger partial charge in [-0.25, -0.2) is 0 Å². The number of ether oxygens (including phenoxy) is 1. The van der Waals surface area contributed by atoms with Crippen LogP contribution < -0.4 is 14.5 Å². The Hall–Kier alpha value is -2.82. The first kappa shape index (κ1) is 20.5. The molecule has 0 radical (unpaired) electrons. The van der Waals surface area contributed by atoms with E-state index in [4.69, 9.17) is 4.74 Å². The van der Waals surface area contributed by atoms with E-state index < -0.39 is 0 Å². The maximum absolute atomic E-state index is 13.0. The van der Waals surface area contributed by atoms with Crippen LogP contribution >= 0.6 is 0 Å². The Morgan fingerprint density at radius 3 is 2.33 bits per heavy atom. The number of hydrogen-bond acceptors (Lipinski definition) is 3. The van der Waals surface area contributed by atoms with Gasteiger partial charge in [0.25, 0.3) is 0 Å². The highest BCUT2D eigenvalue weighted by molar-refractivity contribution is 6.03. The molecule has 0 N–H and O–H groups in total. The van der Waals surface area contributed by atoms with Crippen molar-refractivity contribution in [2.45, 2.75) is 40.7 Å². The number of anilines is 2. The van der Waals surface area contributed by atoms with E-state index in [0.717, 1.165) is 11.3 Å². The molecule has 0 spiro atoms. The molecular weight excluding hydrogens is 340 g/mol. The molecule has 27 heavy (non-hydrogen) atoms. The summed E-state index contributed by atoms with van der Waals surface area (Å²) in [6, 6.07) is 15.1. The van der Waals surface area contributed by atoms with E-state index in [0.29, 0.717) is 18.0 Å². The molecule has 0 fully saturated rings. The number of likely N-dealkylation sites (N-methyl/N-ethyl adjacent to an activating group) is 1. The van der Waals surface area contributed by atoms with Gasteiger partial charge in [-0.15, -0.1) is 0 Å². The lowest BCUT2D eigenvalue weighted by molar-refractivity contribution is -0.121. The molecule has 0 saturated heterocycles. The Balaban J connectivity index is 2.31. The van der Waals surface area contributed by atoms with Gasteiger partial charge in [-0.2, -0.15) is 0 Å². The molecule has 2 aromatic rings. The molecule has 2 amide bonds. The first-order valence-corrected chi connectivity index (χ1v) is 9.24. The van der Waals surface area contributed by atoms with Crippen LogP contribution in [0, 0.1) is 6.92 Å². The van der Waals surface area contributed by atoms with Gasteiger partial charge in [0, 0.05) is 19.2 Å². The van der Waals surface area contributed by atoms with E-state index in [2.05, 4.69) is 0 Å². The molecule has 5 nitrogen and oxygen atoms in total. The van der Waals surface area contributed by atoms with E-state index in [1.807, 2.05) is 70.2 Å². The third kappa shape index (κ3) is 5.33. The van der Waals surface area contributed by atoms with Gasteiger partial charge < -0.3 is 9.64 Å². The van der Waals surface area contributed by atoms with Crippen molar-refractivity contribution in [1.82, 2.24) is 0 Å². The van der Waals surface area contributed by atoms with Gasteiger partial charge in [0.1, 0.15) is 12.3 Å². The summed E-state index contributed by atoms with van der Waals surface area (Å²) in [4.78, 5) is 28.5. The smallest absolute Gasteiger partial charge is 0.247 e. The number of carbonyl (C=O) groups excluding carboxylic acids is 2. The second kappa shape index (κ2) is 9.21. The van der Waals surface area contributed by atoms with Gasteiger partial charge in [0.2, 0.25) is 11.8 Å². The molecule has 0 aromatic heterocycles. The summed E-state index contributed by atoms with van der Waals surface area (Å²) >= 11 is 0. The molecule has 2 rings (SSSR count).